The van der Waals surface area contributed by atoms with Crippen LogP contribution in [0.25, 0.3) is 0 Å². The maximum Gasteiger partial charge on any atom is 0.271 e. The summed E-state index contributed by atoms with van der Waals surface area (Å²) in [5, 5.41) is 4.35. The molecule has 1 amide bonds. The van der Waals surface area contributed by atoms with Crippen LogP contribution in [0.5, 0.6) is 0 Å². The van der Waals surface area contributed by atoms with E-state index in [0.29, 0.717) is 11.5 Å². The molecule has 0 radical (unpaired) electrons. The van der Waals surface area contributed by atoms with Gasteiger partial charge in [0.25, 0.3) is 5.91 Å². The summed E-state index contributed by atoms with van der Waals surface area (Å²) >= 11 is 0. The quantitative estimate of drug-likeness (QED) is 0.859. The fraction of sp³-hybridized carbons (Fsp3) is 0.500. The van der Waals surface area contributed by atoms with Crippen molar-refractivity contribution in [2.24, 2.45) is 16.9 Å². The highest BCUT2D eigenvalue weighted by Crippen LogP contribution is 2.42. The molecule has 1 aromatic rings. The van der Waals surface area contributed by atoms with E-state index in [1.165, 1.54) is 25.0 Å². The van der Waals surface area contributed by atoms with Crippen LogP contribution >= 0.6 is 0 Å². The van der Waals surface area contributed by atoms with Crippen LogP contribution in [0.4, 0.5) is 5.69 Å². The SMILES string of the molecule is CN(C)c1ccc(C(=O)N/N=C2\C[C@@H]3CC[C@@H]2C3)cc1. The van der Waals surface area contributed by atoms with Crippen molar-refractivity contribution in [2.45, 2.75) is 25.7 Å². The van der Waals surface area contributed by atoms with E-state index in [4.69, 9.17) is 0 Å². The zero-order valence-corrected chi connectivity index (χ0v) is 12.1. The molecule has 2 fully saturated rings. The number of fused-ring (bicyclic) bond motifs is 2. The molecule has 0 heterocycles. The molecule has 0 spiro atoms. The first-order chi connectivity index (χ1) is 9.63. The Hall–Kier alpha value is -1.84. The minimum absolute atomic E-state index is 0.120. The van der Waals surface area contributed by atoms with Crippen LogP contribution in [0, 0.1) is 11.8 Å². The molecule has 1 N–H and O–H groups in total. The van der Waals surface area contributed by atoms with Gasteiger partial charge in [-0.15, -0.1) is 0 Å². The minimum atomic E-state index is -0.120. The van der Waals surface area contributed by atoms with Gasteiger partial charge in [-0.05, 0) is 61.8 Å². The Balaban J connectivity index is 1.63. The first kappa shape index (κ1) is 13.2. The van der Waals surface area contributed by atoms with Gasteiger partial charge in [0.2, 0.25) is 0 Å². The Bertz CT molecular complexity index is 533. The number of rotatable bonds is 3. The summed E-state index contributed by atoms with van der Waals surface area (Å²) in [4.78, 5) is 14.1. The molecule has 2 aliphatic rings. The summed E-state index contributed by atoms with van der Waals surface area (Å²) in [7, 11) is 3.96. The van der Waals surface area contributed by atoms with Gasteiger partial charge < -0.3 is 4.90 Å². The molecule has 2 aliphatic carbocycles. The molecule has 2 bridgehead atoms. The van der Waals surface area contributed by atoms with Crippen molar-refractivity contribution in [1.29, 1.82) is 0 Å². The predicted octanol–water partition coefficient (Wildman–Crippen LogP) is 2.66. The van der Waals surface area contributed by atoms with Crippen molar-refractivity contribution in [3.05, 3.63) is 29.8 Å². The summed E-state index contributed by atoms with van der Waals surface area (Å²) in [6.45, 7) is 0. The smallest absolute Gasteiger partial charge is 0.271 e. The Morgan fingerprint density at radius 2 is 2.00 bits per heavy atom. The van der Waals surface area contributed by atoms with Crippen molar-refractivity contribution < 1.29 is 4.79 Å². The molecule has 0 aromatic heterocycles. The second kappa shape index (κ2) is 5.27. The van der Waals surface area contributed by atoms with Gasteiger partial charge in [0.05, 0.1) is 0 Å². The molecule has 20 heavy (non-hydrogen) atoms. The number of anilines is 1. The highest BCUT2D eigenvalue weighted by molar-refractivity contribution is 5.96. The average Bonchev–Trinajstić information content (AvgIpc) is 3.07. The fourth-order valence-corrected chi connectivity index (χ4v) is 3.26. The van der Waals surface area contributed by atoms with Crippen LogP contribution < -0.4 is 10.3 Å². The molecule has 0 aliphatic heterocycles. The zero-order chi connectivity index (χ0) is 14.1. The van der Waals surface area contributed by atoms with Crippen LogP contribution in [-0.4, -0.2) is 25.7 Å². The van der Waals surface area contributed by atoms with Crippen molar-refractivity contribution >= 4 is 17.3 Å². The number of amides is 1. The van der Waals surface area contributed by atoms with E-state index >= 15 is 0 Å². The van der Waals surface area contributed by atoms with E-state index in [1.807, 2.05) is 43.3 Å². The van der Waals surface area contributed by atoms with Gasteiger partial charge in [0.1, 0.15) is 0 Å². The molecule has 2 saturated carbocycles. The lowest BCUT2D eigenvalue weighted by Crippen LogP contribution is -2.22. The largest absolute Gasteiger partial charge is 0.378 e. The minimum Gasteiger partial charge on any atom is -0.378 e. The summed E-state index contributed by atoms with van der Waals surface area (Å²) in [6, 6.07) is 7.57. The molecule has 0 unspecified atom stereocenters. The number of carbonyl (C=O) groups is 1. The van der Waals surface area contributed by atoms with Crippen LogP contribution in [-0.2, 0) is 0 Å². The van der Waals surface area contributed by atoms with E-state index in [2.05, 4.69) is 10.5 Å². The Morgan fingerprint density at radius 3 is 2.55 bits per heavy atom. The van der Waals surface area contributed by atoms with Crippen molar-refractivity contribution in [3.63, 3.8) is 0 Å². The van der Waals surface area contributed by atoms with E-state index in [9.17, 15) is 4.79 Å². The van der Waals surface area contributed by atoms with Crippen LogP contribution in [0.1, 0.15) is 36.0 Å². The topological polar surface area (TPSA) is 44.7 Å². The summed E-state index contributed by atoms with van der Waals surface area (Å²) < 4.78 is 0. The molecule has 4 nitrogen and oxygen atoms in total. The second-order valence-electron chi connectivity index (χ2n) is 6.07. The van der Waals surface area contributed by atoms with Gasteiger partial charge in [0, 0.05) is 31.1 Å². The van der Waals surface area contributed by atoms with Crippen LogP contribution in [0.15, 0.2) is 29.4 Å². The zero-order valence-electron chi connectivity index (χ0n) is 12.1. The van der Waals surface area contributed by atoms with E-state index in [1.54, 1.807) is 0 Å². The van der Waals surface area contributed by atoms with E-state index in [0.717, 1.165) is 18.0 Å². The summed E-state index contributed by atoms with van der Waals surface area (Å²) in [5.74, 6) is 1.32. The first-order valence-electron chi connectivity index (χ1n) is 7.27. The number of nitrogens with zero attached hydrogens (tertiary/aromatic N) is 2. The normalized spacial score (nSPS) is 26.0. The van der Waals surface area contributed by atoms with Gasteiger partial charge in [-0.2, -0.15) is 5.10 Å². The molecule has 2 atom stereocenters. The van der Waals surface area contributed by atoms with Gasteiger partial charge in [-0.25, -0.2) is 5.43 Å². The number of nitrogens with one attached hydrogen (secondary N) is 1. The molecule has 4 heteroatoms. The number of hydrazone groups is 1. The third-order valence-corrected chi connectivity index (χ3v) is 4.46. The molecular weight excluding hydrogens is 250 g/mol. The van der Waals surface area contributed by atoms with Crippen LogP contribution in [0.3, 0.4) is 0 Å². The highest BCUT2D eigenvalue weighted by Gasteiger charge is 2.36. The van der Waals surface area contributed by atoms with Crippen molar-refractivity contribution in [2.75, 3.05) is 19.0 Å². The van der Waals surface area contributed by atoms with Gasteiger partial charge >= 0.3 is 0 Å². The lowest BCUT2D eigenvalue weighted by atomic mass is 9.99. The van der Waals surface area contributed by atoms with Crippen molar-refractivity contribution in [1.82, 2.24) is 5.43 Å². The highest BCUT2D eigenvalue weighted by atomic mass is 16.2. The maximum atomic E-state index is 12.1. The fourth-order valence-electron chi connectivity index (χ4n) is 3.26. The molecule has 0 saturated heterocycles. The summed E-state index contributed by atoms with van der Waals surface area (Å²) in [5.41, 5.74) is 5.64. The summed E-state index contributed by atoms with van der Waals surface area (Å²) in [6.07, 6.45) is 4.93. The number of hydrogen-bond acceptors (Lipinski definition) is 3. The molecular formula is C16H21N3O. The number of carbonyl (C=O) groups excluding carboxylic acids is 1. The lowest BCUT2D eigenvalue weighted by Gasteiger charge is -2.13. The number of hydrogen-bond donors (Lipinski definition) is 1. The Morgan fingerprint density at radius 1 is 1.25 bits per heavy atom. The van der Waals surface area contributed by atoms with Gasteiger partial charge in [-0.3, -0.25) is 4.79 Å². The van der Waals surface area contributed by atoms with E-state index in [-0.39, 0.29) is 5.91 Å². The third-order valence-electron chi connectivity index (χ3n) is 4.46. The average molecular weight is 271 g/mol. The Kier molecular flexibility index (Phi) is 3.47. The predicted molar refractivity (Wildman–Crippen MR) is 81.1 cm³/mol. The Labute approximate surface area is 119 Å². The molecule has 1 aromatic carbocycles. The van der Waals surface area contributed by atoms with Crippen molar-refractivity contribution in [3.8, 4) is 0 Å². The maximum absolute atomic E-state index is 12.1. The second-order valence-corrected chi connectivity index (χ2v) is 6.07. The van der Waals surface area contributed by atoms with Gasteiger partial charge in [-0.1, -0.05) is 0 Å². The third kappa shape index (κ3) is 2.55. The standard InChI is InChI=1S/C16H21N3O/c1-19(2)14-7-5-12(6-8-14)16(20)18-17-15-10-11-3-4-13(15)9-11/h5-8,11,13H,3-4,9-10H2,1-2H3,(H,18,20)/b17-15+/t11-,13-/m1/s1. The lowest BCUT2D eigenvalue weighted by molar-refractivity contribution is 0.0954. The first-order valence-corrected chi connectivity index (χ1v) is 7.27. The monoisotopic (exact) mass is 271 g/mol. The number of benzene rings is 1. The molecule has 106 valence electrons. The molecule has 3 rings (SSSR count). The van der Waals surface area contributed by atoms with Crippen LogP contribution in [0.2, 0.25) is 0 Å². The van der Waals surface area contributed by atoms with E-state index < -0.39 is 0 Å². The van der Waals surface area contributed by atoms with Gasteiger partial charge in [0.15, 0.2) is 0 Å².